The molecule has 0 saturated heterocycles. The maximum absolute atomic E-state index is 12.3. The van der Waals surface area contributed by atoms with Gasteiger partial charge in [0.1, 0.15) is 0 Å². The summed E-state index contributed by atoms with van der Waals surface area (Å²) in [5.74, 6) is 0.590. The molecule has 0 bridgehead atoms. The van der Waals surface area contributed by atoms with Gasteiger partial charge in [0.2, 0.25) is 0 Å². The zero-order valence-corrected chi connectivity index (χ0v) is 11.8. The molecule has 110 valence electrons. The van der Waals surface area contributed by atoms with Gasteiger partial charge in [-0.3, -0.25) is 14.4 Å². The Hall–Kier alpha value is -2.17. The third kappa shape index (κ3) is 2.96. The first-order valence-corrected chi connectivity index (χ1v) is 7.43. The predicted octanol–water partition coefficient (Wildman–Crippen LogP) is 2.37. The number of carbonyl (C=O) groups is 1. The predicted molar refractivity (Wildman–Crippen MR) is 80.7 cm³/mol. The molecule has 1 aliphatic carbocycles. The highest BCUT2D eigenvalue weighted by atomic mass is 16.2. The average Bonchev–Trinajstić information content (AvgIpc) is 2.49. The molecule has 0 spiro atoms. The number of hydrogen-bond acceptors (Lipinski definition) is 3. The Morgan fingerprint density at radius 2 is 1.67 bits per heavy atom. The molecule has 0 radical (unpaired) electrons. The van der Waals surface area contributed by atoms with E-state index in [4.69, 9.17) is 0 Å². The van der Waals surface area contributed by atoms with E-state index in [0.29, 0.717) is 28.9 Å². The minimum atomic E-state index is -0.695. The molecule has 5 nitrogen and oxygen atoms in total. The van der Waals surface area contributed by atoms with Gasteiger partial charge in [-0.15, -0.1) is 0 Å². The van der Waals surface area contributed by atoms with Crippen molar-refractivity contribution >= 4 is 16.8 Å². The van der Waals surface area contributed by atoms with Crippen LogP contribution in [0.15, 0.2) is 27.8 Å². The molecule has 1 aromatic heterocycles. The largest absolute Gasteiger partial charge is 0.316 e. The number of H-pyrrole nitrogens is 2. The minimum Gasteiger partial charge on any atom is -0.316 e. The van der Waals surface area contributed by atoms with E-state index in [-0.39, 0.29) is 5.78 Å². The molecule has 1 heterocycles. The van der Waals surface area contributed by atoms with Gasteiger partial charge in [-0.2, -0.15) is 0 Å². The lowest BCUT2D eigenvalue weighted by Gasteiger charge is -2.20. The number of rotatable bonds is 3. The molecule has 2 N–H and O–H groups in total. The van der Waals surface area contributed by atoms with Gasteiger partial charge in [0.25, 0.3) is 0 Å². The first kappa shape index (κ1) is 13.8. The molecule has 1 fully saturated rings. The van der Waals surface area contributed by atoms with E-state index in [0.717, 1.165) is 12.8 Å². The summed E-state index contributed by atoms with van der Waals surface area (Å²) in [6.45, 7) is 0. The fourth-order valence-electron chi connectivity index (χ4n) is 3.06. The molecule has 0 aliphatic heterocycles. The van der Waals surface area contributed by atoms with Crippen molar-refractivity contribution in [3.8, 4) is 0 Å². The molecule has 1 aliphatic rings. The number of nitrogens with one attached hydrogen (secondary N) is 2. The van der Waals surface area contributed by atoms with Crippen LogP contribution in [0, 0.1) is 5.92 Å². The topological polar surface area (TPSA) is 82.8 Å². The van der Waals surface area contributed by atoms with Crippen LogP contribution in [0.5, 0.6) is 0 Å². The second-order valence-corrected chi connectivity index (χ2v) is 5.80. The Balaban J connectivity index is 1.86. The van der Waals surface area contributed by atoms with Crippen molar-refractivity contribution in [1.82, 2.24) is 9.97 Å². The lowest BCUT2D eigenvalue weighted by molar-refractivity contribution is 0.0950. The summed E-state index contributed by atoms with van der Waals surface area (Å²) in [4.78, 5) is 39.9. The number of Topliss-reactive ketones (excluding diaryl/α,β-unsaturated/α-hetero) is 1. The summed E-state index contributed by atoms with van der Waals surface area (Å²) in [6, 6.07) is 5.03. The van der Waals surface area contributed by atoms with E-state index in [1.165, 1.54) is 19.3 Å². The first-order chi connectivity index (χ1) is 10.1. The number of hydrogen-bond donors (Lipinski definition) is 2. The number of benzene rings is 1. The Morgan fingerprint density at radius 1 is 1.00 bits per heavy atom. The lowest BCUT2D eigenvalue weighted by Crippen LogP contribution is -2.29. The van der Waals surface area contributed by atoms with E-state index in [1.807, 2.05) is 0 Å². The normalized spacial score (nSPS) is 16.2. The molecular formula is C16H18N2O3. The van der Waals surface area contributed by atoms with E-state index in [2.05, 4.69) is 9.97 Å². The van der Waals surface area contributed by atoms with Crippen LogP contribution in [0.4, 0.5) is 0 Å². The van der Waals surface area contributed by atoms with Crippen molar-refractivity contribution in [2.45, 2.75) is 38.5 Å². The Kier molecular flexibility index (Phi) is 3.73. The van der Waals surface area contributed by atoms with Crippen LogP contribution >= 0.6 is 0 Å². The first-order valence-electron chi connectivity index (χ1n) is 7.43. The van der Waals surface area contributed by atoms with Gasteiger partial charge in [-0.05, 0) is 24.1 Å². The Bertz CT molecular complexity index is 782. The SMILES string of the molecule is O=C(CC1CCCCC1)c1ccc2[nH]c(=O)c(=O)[nH]c2c1. The maximum atomic E-state index is 12.3. The van der Waals surface area contributed by atoms with Crippen LogP contribution < -0.4 is 11.1 Å². The summed E-state index contributed by atoms with van der Waals surface area (Å²) in [5.41, 5.74) is 0.252. The molecule has 0 atom stereocenters. The fourth-order valence-corrected chi connectivity index (χ4v) is 3.06. The van der Waals surface area contributed by atoms with Crippen LogP contribution in [0.1, 0.15) is 48.9 Å². The second kappa shape index (κ2) is 5.68. The monoisotopic (exact) mass is 286 g/mol. The summed E-state index contributed by atoms with van der Waals surface area (Å²) in [6.07, 6.45) is 6.52. The minimum absolute atomic E-state index is 0.107. The molecule has 2 aromatic rings. The van der Waals surface area contributed by atoms with E-state index < -0.39 is 11.1 Å². The van der Waals surface area contributed by atoms with Gasteiger partial charge in [0.15, 0.2) is 5.78 Å². The van der Waals surface area contributed by atoms with Crippen molar-refractivity contribution < 1.29 is 4.79 Å². The van der Waals surface area contributed by atoms with Crippen molar-refractivity contribution in [1.29, 1.82) is 0 Å². The van der Waals surface area contributed by atoms with E-state index in [9.17, 15) is 14.4 Å². The van der Waals surface area contributed by atoms with Crippen molar-refractivity contribution in [3.63, 3.8) is 0 Å². The molecule has 0 unspecified atom stereocenters. The van der Waals surface area contributed by atoms with Crippen LogP contribution in [0.2, 0.25) is 0 Å². The molecule has 1 aromatic carbocycles. The molecule has 5 heteroatoms. The maximum Gasteiger partial charge on any atom is 0.314 e. The van der Waals surface area contributed by atoms with Gasteiger partial charge in [-0.25, -0.2) is 0 Å². The van der Waals surface area contributed by atoms with E-state index >= 15 is 0 Å². The number of aromatic nitrogens is 2. The molecular weight excluding hydrogens is 268 g/mol. The second-order valence-electron chi connectivity index (χ2n) is 5.80. The lowest BCUT2D eigenvalue weighted by atomic mass is 9.85. The van der Waals surface area contributed by atoms with Crippen LogP contribution in [0.25, 0.3) is 11.0 Å². The molecule has 21 heavy (non-hydrogen) atoms. The van der Waals surface area contributed by atoms with Crippen molar-refractivity contribution in [2.24, 2.45) is 5.92 Å². The standard InChI is InChI=1S/C16H18N2O3/c19-14(8-10-4-2-1-3-5-10)11-6-7-12-13(9-11)18-16(21)15(20)17-12/h6-7,9-10H,1-5,8H2,(H,17,20)(H,18,21). The number of fused-ring (bicyclic) bond motifs is 1. The molecule has 3 rings (SSSR count). The Labute approximate surface area is 121 Å². The summed E-state index contributed by atoms with van der Waals surface area (Å²) in [7, 11) is 0. The quantitative estimate of drug-likeness (QED) is 0.671. The highest BCUT2D eigenvalue weighted by Gasteiger charge is 2.18. The van der Waals surface area contributed by atoms with Gasteiger partial charge >= 0.3 is 11.1 Å². The van der Waals surface area contributed by atoms with Crippen LogP contribution in [-0.4, -0.2) is 15.8 Å². The summed E-state index contributed by atoms with van der Waals surface area (Å²) < 4.78 is 0. The summed E-state index contributed by atoms with van der Waals surface area (Å²) >= 11 is 0. The average molecular weight is 286 g/mol. The molecule has 0 amide bonds. The highest BCUT2D eigenvalue weighted by molar-refractivity contribution is 5.98. The van der Waals surface area contributed by atoms with Gasteiger partial charge < -0.3 is 9.97 Å². The molecule has 1 saturated carbocycles. The summed E-state index contributed by atoms with van der Waals surface area (Å²) in [5, 5.41) is 0. The van der Waals surface area contributed by atoms with Crippen LogP contribution in [0.3, 0.4) is 0 Å². The van der Waals surface area contributed by atoms with Crippen molar-refractivity contribution in [3.05, 3.63) is 44.5 Å². The van der Waals surface area contributed by atoms with Gasteiger partial charge in [-0.1, -0.05) is 32.1 Å². The zero-order valence-electron chi connectivity index (χ0n) is 11.8. The number of carbonyl (C=O) groups excluding carboxylic acids is 1. The smallest absolute Gasteiger partial charge is 0.314 e. The van der Waals surface area contributed by atoms with E-state index in [1.54, 1.807) is 18.2 Å². The highest BCUT2D eigenvalue weighted by Crippen LogP contribution is 2.27. The Morgan fingerprint density at radius 3 is 2.38 bits per heavy atom. The van der Waals surface area contributed by atoms with Crippen LogP contribution in [-0.2, 0) is 0 Å². The zero-order chi connectivity index (χ0) is 14.8. The fraction of sp³-hybridized carbons (Fsp3) is 0.438. The van der Waals surface area contributed by atoms with Gasteiger partial charge in [0, 0.05) is 12.0 Å². The third-order valence-electron chi connectivity index (χ3n) is 4.24. The number of aromatic amines is 2. The number of ketones is 1. The van der Waals surface area contributed by atoms with Crippen molar-refractivity contribution in [2.75, 3.05) is 0 Å². The van der Waals surface area contributed by atoms with Gasteiger partial charge in [0.05, 0.1) is 11.0 Å². The third-order valence-corrected chi connectivity index (χ3v) is 4.24.